The number of aromatic nitrogens is 1. The van der Waals surface area contributed by atoms with Gasteiger partial charge in [-0.3, -0.25) is 0 Å². The van der Waals surface area contributed by atoms with E-state index in [1.807, 2.05) is 12.1 Å². The lowest BCUT2D eigenvalue weighted by Gasteiger charge is -2.09. The number of nitrogens with zero attached hydrogens (tertiary/aromatic N) is 1. The average molecular weight is 279 g/mol. The van der Waals surface area contributed by atoms with Crippen molar-refractivity contribution in [2.24, 2.45) is 0 Å². The van der Waals surface area contributed by atoms with Gasteiger partial charge in [-0.1, -0.05) is 30.7 Å². The fraction of sp³-hybridized carbons (Fsp3) is 0.263. The third-order valence-electron chi connectivity index (χ3n) is 3.87. The first-order valence-electron chi connectivity index (χ1n) is 7.53. The highest BCUT2D eigenvalue weighted by atomic mass is 16.5. The van der Waals surface area contributed by atoms with Crippen molar-refractivity contribution in [3.8, 4) is 5.75 Å². The van der Waals surface area contributed by atoms with E-state index < -0.39 is 0 Å². The van der Waals surface area contributed by atoms with Gasteiger partial charge in [0.25, 0.3) is 0 Å². The molecule has 0 spiro atoms. The normalized spacial score (nSPS) is 11.0. The third-order valence-corrected chi connectivity index (χ3v) is 3.87. The summed E-state index contributed by atoms with van der Waals surface area (Å²) >= 11 is 0. The monoisotopic (exact) mass is 279 g/mol. The van der Waals surface area contributed by atoms with Crippen LogP contribution in [0.3, 0.4) is 0 Å². The quantitative estimate of drug-likeness (QED) is 0.666. The lowest BCUT2D eigenvalue weighted by Crippen LogP contribution is -2.07. The first-order chi connectivity index (χ1) is 10.3. The van der Waals surface area contributed by atoms with Crippen molar-refractivity contribution < 1.29 is 4.74 Å². The Bertz CT molecular complexity index is 725. The molecule has 3 rings (SSSR count). The number of aryl methyl sites for hydroxylation is 2. The SMILES string of the molecule is CCc1ccc2c(ccn2CCOc2ccc(C)cc2)c1. The molecule has 2 aromatic carbocycles. The number of benzene rings is 2. The molecule has 0 unspecified atom stereocenters. The molecule has 0 saturated heterocycles. The van der Waals surface area contributed by atoms with Crippen molar-refractivity contribution in [3.63, 3.8) is 0 Å². The highest BCUT2D eigenvalue weighted by molar-refractivity contribution is 5.80. The van der Waals surface area contributed by atoms with Gasteiger partial charge < -0.3 is 9.30 Å². The fourth-order valence-corrected chi connectivity index (χ4v) is 2.56. The number of rotatable bonds is 5. The molecule has 0 atom stereocenters. The molecule has 0 N–H and O–H groups in total. The Morgan fingerprint density at radius 2 is 1.81 bits per heavy atom. The van der Waals surface area contributed by atoms with Crippen LogP contribution in [0.15, 0.2) is 54.7 Å². The van der Waals surface area contributed by atoms with Crippen LogP contribution in [0.2, 0.25) is 0 Å². The van der Waals surface area contributed by atoms with Crippen LogP contribution < -0.4 is 4.74 Å². The van der Waals surface area contributed by atoms with Gasteiger partial charge in [-0.2, -0.15) is 0 Å². The smallest absolute Gasteiger partial charge is 0.119 e. The van der Waals surface area contributed by atoms with E-state index in [-0.39, 0.29) is 0 Å². The van der Waals surface area contributed by atoms with Gasteiger partial charge in [-0.25, -0.2) is 0 Å². The van der Waals surface area contributed by atoms with E-state index in [9.17, 15) is 0 Å². The molecule has 0 fully saturated rings. The van der Waals surface area contributed by atoms with Crippen LogP contribution in [0.4, 0.5) is 0 Å². The lowest BCUT2D eigenvalue weighted by molar-refractivity contribution is 0.300. The maximum atomic E-state index is 5.81. The summed E-state index contributed by atoms with van der Waals surface area (Å²) in [6, 6.07) is 17.1. The molecule has 0 aliphatic carbocycles. The molecule has 108 valence electrons. The summed E-state index contributed by atoms with van der Waals surface area (Å²) in [4.78, 5) is 0. The van der Waals surface area contributed by atoms with E-state index in [0.29, 0.717) is 6.61 Å². The van der Waals surface area contributed by atoms with Crippen LogP contribution in [-0.2, 0) is 13.0 Å². The van der Waals surface area contributed by atoms with Gasteiger partial charge in [0.1, 0.15) is 12.4 Å². The molecule has 0 amide bonds. The Balaban J connectivity index is 1.66. The predicted molar refractivity (Wildman–Crippen MR) is 88.0 cm³/mol. The average Bonchev–Trinajstić information content (AvgIpc) is 2.91. The Labute approximate surface area is 126 Å². The molecule has 0 aliphatic heterocycles. The van der Waals surface area contributed by atoms with E-state index >= 15 is 0 Å². The summed E-state index contributed by atoms with van der Waals surface area (Å²) in [5, 5.41) is 1.31. The maximum Gasteiger partial charge on any atom is 0.119 e. The first-order valence-corrected chi connectivity index (χ1v) is 7.53. The van der Waals surface area contributed by atoms with Gasteiger partial charge in [0.05, 0.1) is 6.54 Å². The molecular formula is C19H21NO. The number of hydrogen-bond donors (Lipinski definition) is 0. The highest BCUT2D eigenvalue weighted by Crippen LogP contribution is 2.18. The van der Waals surface area contributed by atoms with E-state index in [1.54, 1.807) is 0 Å². The van der Waals surface area contributed by atoms with Gasteiger partial charge >= 0.3 is 0 Å². The zero-order chi connectivity index (χ0) is 14.7. The zero-order valence-electron chi connectivity index (χ0n) is 12.7. The molecule has 21 heavy (non-hydrogen) atoms. The Morgan fingerprint density at radius 1 is 1.00 bits per heavy atom. The topological polar surface area (TPSA) is 14.2 Å². The zero-order valence-corrected chi connectivity index (χ0v) is 12.7. The summed E-state index contributed by atoms with van der Waals surface area (Å²) in [5.41, 5.74) is 3.92. The molecule has 2 nitrogen and oxygen atoms in total. The second-order valence-corrected chi connectivity index (χ2v) is 5.42. The molecule has 1 aromatic heterocycles. The largest absolute Gasteiger partial charge is 0.492 e. The van der Waals surface area contributed by atoms with Gasteiger partial charge in [-0.05, 0) is 54.6 Å². The van der Waals surface area contributed by atoms with Gasteiger partial charge in [0.15, 0.2) is 0 Å². The summed E-state index contributed by atoms with van der Waals surface area (Å²) in [6.07, 6.45) is 3.22. The van der Waals surface area contributed by atoms with Crippen LogP contribution in [0.1, 0.15) is 18.1 Å². The van der Waals surface area contributed by atoms with Crippen molar-refractivity contribution in [2.75, 3.05) is 6.61 Å². The Morgan fingerprint density at radius 3 is 2.57 bits per heavy atom. The van der Waals surface area contributed by atoms with Crippen LogP contribution in [0.5, 0.6) is 5.75 Å². The van der Waals surface area contributed by atoms with E-state index in [1.165, 1.54) is 22.0 Å². The molecule has 0 bridgehead atoms. The first kappa shape index (κ1) is 13.7. The van der Waals surface area contributed by atoms with Crippen LogP contribution in [0, 0.1) is 6.92 Å². The number of ether oxygens (including phenoxy) is 1. The summed E-state index contributed by atoms with van der Waals surface area (Å²) < 4.78 is 8.06. The standard InChI is InChI=1S/C19H21NO/c1-3-16-6-9-19-17(14-16)10-11-20(19)12-13-21-18-7-4-15(2)5-8-18/h4-11,14H,3,12-13H2,1-2H3. The lowest BCUT2D eigenvalue weighted by atomic mass is 10.1. The molecule has 0 radical (unpaired) electrons. The van der Waals surface area contributed by atoms with Gasteiger partial charge in [0, 0.05) is 11.7 Å². The molecule has 1 heterocycles. The number of hydrogen-bond acceptors (Lipinski definition) is 1. The minimum Gasteiger partial charge on any atom is -0.492 e. The van der Waals surface area contributed by atoms with Gasteiger partial charge in [-0.15, -0.1) is 0 Å². The Hall–Kier alpha value is -2.22. The summed E-state index contributed by atoms with van der Waals surface area (Å²) in [6.45, 7) is 5.82. The van der Waals surface area contributed by atoms with E-state index in [4.69, 9.17) is 4.74 Å². The van der Waals surface area contributed by atoms with Crippen molar-refractivity contribution in [1.29, 1.82) is 0 Å². The molecule has 3 aromatic rings. The minimum absolute atomic E-state index is 0.683. The molecule has 2 heteroatoms. The second kappa shape index (κ2) is 6.04. The highest BCUT2D eigenvalue weighted by Gasteiger charge is 2.02. The minimum atomic E-state index is 0.683. The second-order valence-electron chi connectivity index (χ2n) is 5.42. The van der Waals surface area contributed by atoms with Crippen molar-refractivity contribution >= 4 is 10.9 Å². The fourth-order valence-electron chi connectivity index (χ4n) is 2.56. The van der Waals surface area contributed by atoms with Crippen molar-refractivity contribution in [3.05, 3.63) is 65.9 Å². The third kappa shape index (κ3) is 3.10. The van der Waals surface area contributed by atoms with Crippen LogP contribution in [-0.4, -0.2) is 11.2 Å². The maximum absolute atomic E-state index is 5.81. The van der Waals surface area contributed by atoms with Crippen LogP contribution >= 0.6 is 0 Å². The van der Waals surface area contributed by atoms with E-state index in [2.05, 4.69) is 61.0 Å². The predicted octanol–water partition coefficient (Wildman–Crippen LogP) is 4.59. The summed E-state index contributed by atoms with van der Waals surface area (Å²) in [7, 11) is 0. The van der Waals surface area contributed by atoms with Crippen molar-refractivity contribution in [2.45, 2.75) is 26.8 Å². The molecule has 0 aliphatic rings. The number of fused-ring (bicyclic) bond motifs is 1. The Kier molecular flexibility index (Phi) is 3.96. The van der Waals surface area contributed by atoms with Crippen LogP contribution in [0.25, 0.3) is 10.9 Å². The van der Waals surface area contributed by atoms with Crippen molar-refractivity contribution in [1.82, 2.24) is 4.57 Å². The molecular weight excluding hydrogens is 258 g/mol. The van der Waals surface area contributed by atoms with E-state index in [0.717, 1.165) is 18.7 Å². The van der Waals surface area contributed by atoms with Gasteiger partial charge in [0.2, 0.25) is 0 Å². The summed E-state index contributed by atoms with van der Waals surface area (Å²) in [5.74, 6) is 0.935. The molecule has 0 saturated carbocycles.